The van der Waals surface area contributed by atoms with Gasteiger partial charge >= 0.3 is 0 Å². The summed E-state index contributed by atoms with van der Waals surface area (Å²) < 4.78 is 37.7. The molecule has 2 aromatic carbocycles. The molecule has 0 spiro atoms. The van der Waals surface area contributed by atoms with Crippen LogP contribution in [0.3, 0.4) is 0 Å². The number of methoxy groups -OCH3 is 1. The van der Waals surface area contributed by atoms with E-state index in [4.69, 9.17) is 9.47 Å². The van der Waals surface area contributed by atoms with Crippen LogP contribution in [0.15, 0.2) is 53.4 Å². The molecular weight excluding hydrogens is 342 g/mol. The maximum Gasteiger partial charge on any atom is 0.240 e. The predicted octanol–water partition coefficient (Wildman–Crippen LogP) is 2.49. The van der Waals surface area contributed by atoms with Crippen LogP contribution < -0.4 is 14.2 Å². The van der Waals surface area contributed by atoms with Crippen molar-refractivity contribution in [3.05, 3.63) is 54.1 Å². The first-order chi connectivity index (χ1) is 11.8. The number of benzene rings is 2. The van der Waals surface area contributed by atoms with Crippen molar-refractivity contribution in [2.24, 2.45) is 0 Å². The Balaban J connectivity index is 2.03. The minimum absolute atomic E-state index is 0.0126. The zero-order valence-corrected chi connectivity index (χ0v) is 15.3. The Morgan fingerprint density at radius 1 is 1.08 bits per heavy atom. The lowest BCUT2D eigenvalue weighted by atomic mass is 10.1. The van der Waals surface area contributed by atoms with Crippen LogP contribution in [0.4, 0.5) is 0 Å². The van der Waals surface area contributed by atoms with E-state index < -0.39 is 16.1 Å². The van der Waals surface area contributed by atoms with E-state index in [0.717, 1.165) is 0 Å². The topological polar surface area (TPSA) is 84.9 Å². The number of hydrogen-bond donors (Lipinski definition) is 2. The fourth-order valence-electron chi connectivity index (χ4n) is 2.21. The standard InChI is InChI=1S/C18H23NO5S/c1-13(2)24-15-7-9-17(10-8-15)25(21,22)19-12-18(20)14-5-4-6-16(11-14)23-3/h4-11,13,18-20H,12H2,1-3H3. The zero-order chi connectivity index (χ0) is 18.4. The van der Waals surface area contributed by atoms with E-state index in [1.807, 2.05) is 13.8 Å². The van der Waals surface area contributed by atoms with Gasteiger partial charge in [-0.3, -0.25) is 0 Å². The molecule has 6 nitrogen and oxygen atoms in total. The van der Waals surface area contributed by atoms with Crippen LogP contribution in [0.2, 0.25) is 0 Å². The van der Waals surface area contributed by atoms with Gasteiger partial charge in [0.05, 0.1) is 24.2 Å². The lowest BCUT2D eigenvalue weighted by Crippen LogP contribution is -2.28. The quantitative estimate of drug-likeness (QED) is 0.751. The first-order valence-corrected chi connectivity index (χ1v) is 9.38. The van der Waals surface area contributed by atoms with Gasteiger partial charge in [-0.05, 0) is 55.8 Å². The molecule has 0 aliphatic rings. The lowest BCUT2D eigenvalue weighted by molar-refractivity contribution is 0.181. The Labute approximate surface area is 148 Å². The highest BCUT2D eigenvalue weighted by molar-refractivity contribution is 7.89. The van der Waals surface area contributed by atoms with Crippen LogP contribution in [-0.2, 0) is 10.0 Å². The molecule has 0 bridgehead atoms. The molecule has 1 unspecified atom stereocenters. The molecule has 0 fully saturated rings. The monoisotopic (exact) mass is 365 g/mol. The highest BCUT2D eigenvalue weighted by Crippen LogP contribution is 2.20. The van der Waals surface area contributed by atoms with E-state index in [1.54, 1.807) is 36.4 Å². The number of nitrogens with one attached hydrogen (secondary N) is 1. The molecule has 0 aliphatic carbocycles. The Morgan fingerprint density at radius 2 is 1.76 bits per heavy atom. The average molecular weight is 365 g/mol. The molecule has 136 valence electrons. The summed E-state index contributed by atoms with van der Waals surface area (Å²) in [7, 11) is -2.19. The van der Waals surface area contributed by atoms with E-state index in [1.165, 1.54) is 19.2 Å². The maximum absolute atomic E-state index is 12.3. The minimum atomic E-state index is -3.72. The smallest absolute Gasteiger partial charge is 0.240 e. The van der Waals surface area contributed by atoms with Gasteiger partial charge in [0.15, 0.2) is 0 Å². The molecule has 25 heavy (non-hydrogen) atoms. The Bertz CT molecular complexity index is 787. The second-order valence-electron chi connectivity index (χ2n) is 5.78. The van der Waals surface area contributed by atoms with Crippen molar-refractivity contribution in [1.29, 1.82) is 0 Å². The van der Waals surface area contributed by atoms with E-state index in [0.29, 0.717) is 17.1 Å². The molecule has 2 N–H and O–H groups in total. The van der Waals surface area contributed by atoms with Crippen LogP contribution in [-0.4, -0.2) is 33.3 Å². The summed E-state index contributed by atoms with van der Waals surface area (Å²) in [5, 5.41) is 10.2. The van der Waals surface area contributed by atoms with Gasteiger partial charge in [0.2, 0.25) is 10.0 Å². The molecule has 0 saturated carbocycles. The fourth-order valence-corrected chi connectivity index (χ4v) is 3.25. The van der Waals surface area contributed by atoms with Crippen molar-refractivity contribution >= 4 is 10.0 Å². The normalized spacial score (nSPS) is 12.8. The number of ether oxygens (including phenoxy) is 2. The summed E-state index contributed by atoms with van der Waals surface area (Å²) in [5.74, 6) is 1.20. The molecule has 0 aliphatic heterocycles. The van der Waals surface area contributed by atoms with Gasteiger partial charge in [-0.25, -0.2) is 13.1 Å². The second-order valence-corrected chi connectivity index (χ2v) is 7.55. The van der Waals surface area contributed by atoms with Crippen molar-refractivity contribution in [2.75, 3.05) is 13.7 Å². The first-order valence-electron chi connectivity index (χ1n) is 7.90. The maximum atomic E-state index is 12.3. The van der Waals surface area contributed by atoms with Gasteiger partial charge in [-0.2, -0.15) is 0 Å². The summed E-state index contributed by atoms with van der Waals surface area (Å²) in [6.45, 7) is 3.65. The molecule has 7 heteroatoms. The summed E-state index contributed by atoms with van der Waals surface area (Å²) >= 11 is 0. The summed E-state index contributed by atoms with van der Waals surface area (Å²) in [6, 6.07) is 13.0. The third kappa shape index (κ3) is 5.45. The van der Waals surface area contributed by atoms with Crippen molar-refractivity contribution in [3.63, 3.8) is 0 Å². The number of aliphatic hydroxyl groups is 1. The summed E-state index contributed by atoms with van der Waals surface area (Å²) in [5.41, 5.74) is 0.572. The number of rotatable bonds is 8. The predicted molar refractivity (Wildman–Crippen MR) is 95.3 cm³/mol. The van der Waals surface area contributed by atoms with Crippen LogP contribution >= 0.6 is 0 Å². The molecule has 2 aromatic rings. The fraction of sp³-hybridized carbons (Fsp3) is 0.333. The van der Waals surface area contributed by atoms with Gasteiger partial charge in [0.1, 0.15) is 11.5 Å². The zero-order valence-electron chi connectivity index (χ0n) is 14.5. The SMILES string of the molecule is COc1cccc(C(O)CNS(=O)(=O)c2ccc(OC(C)C)cc2)c1. The molecule has 2 rings (SSSR count). The van der Waals surface area contributed by atoms with Crippen molar-refractivity contribution in [3.8, 4) is 11.5 Å². The van der Waals surface area contributed by atoms with Gasteiger partial charge in [0, 0.05) is 6.54 Å². The van der Waals surface area contributed by atoms with Crippen molar-refractivity contribution in [1.82, 2.24) is 4.72 Å². The van der Waals surface area contributed by atoms with Gasteiger partial charge in [-0.1, -0.05) is 12.1 Å². The van der Waals surface area contributed by atoms with Crippen molar-refractivity contribution in [2.45, 2.75) is 31.0 Å². The van der Waals surface area contributed by atoms with Crippen molar-refractivity contribution < 1.29 is 23.0 Å². The molecule has 0 heterocycles. The highest BCUT2D eigenvalue weighted by atomic mass is 32.2. The summed E-state index contributed by atoms with van der Waals surface area (Å²) in [4.78, 5) is 0.112. The second kappa shape index (κ2) is 8.33. The first kappa shape index (κ1) is 19.2. The van der Waals surface area contributed by atoms with Crippen LogP contribution in [0.5, 0.6) is 11.5 Å². The molecule has 0 amide bonds. The third-order valence-corrected chi connectivity index (χ3v) is 4.89. The number of sulfonamides is 1. The molecule has 0 aromatic heterocycles. The van der Waals surface area contributed by atoms with Crippen LogP contribution in [0.25, 0.3) is 0 Å². The Morgan fingerprint density at radius 3 is 2.36 bits per heavy atom. The molecular formula is C18H23NO5S. The average Bonchev–Trinajstić information content (AvgIpc) is 2.59. The number of hydrogen-bond acceptors (Lipinski definition) is 5. The Hall–Kier alpha value is -2.09. The highest BCUT2D eigenvalue weighted by Gasteiger charge is 2.17. The molecule has 0 saturated heterocycles. The largest absolute Gasteiger partial charge is 0.497 e. The number of aliphatic hydroxyl groups excluding tert-OH is 1. The van der Waals surface area contributed by atoms with Gasteiger partial charge in [0.25, 0.3) is 0 Å². The third-order valence-electron chi connectivity index (χ3n) is 3.45. The van der Waals surface area contributed by atoms with E-state index >= 15 is 0 Å². The van der Waals surface area contributed by atoms with Crippen LogP contribution in [0, 0.1) is 0 Å². The van der Waals surface area contributed by atoms with E-state index in [2.05, 4.69) is 4.72 Å². The minimum Gasteiger partial charge on any atom is -0.497 e. The molecule has 1 atom stereocenters. The van der Waals surface area contributed by atoms with Gasteiger partial charge in [-0.15, -0.1) is 0 Å². The van der Waals surface area contributed by atoms with Crippen LogP contribution in [0.1, 0.15) is 25.5 Å². The van der Waals surface area contributed by atoms with Gasteiger partial charge < -0.3 is 14.6 Å². The lowest BCUT2D eigenvalue weighted by Gasteiger charge is -2.14. The van der Waals surface area contributed by atoms with E-state index in [-0.39, 0.29) is 17.5 Å². The summed E-state index contributed by atoms with van der Waals surface area (Å²) in [6.07, 6.45) is -0.966. The van der Waals surface area contributed by atoms with E-state index in [9.17, 15) is 13.5 Å². The Kier molecular flexibility index (Phi) is 6.41. The molecule has 0 radical (unpaired) electrons.